The maximum atomic E-state index is 14.0. The minimum Gasteiger partial charge on any atom is -0.339 e. The number of aromatic nitrogens is 1. The fraction of sp³-hybridized carbons (Fsp3) is 0.455. The molecule has 1 aliphatic carbocycles. The number of likely N-dealkylation sites (tertiary alicyclic amines) is 1. The van der Waals surface area contributed by atoms with Gasteiger partial charge in [0.05, 0.1) is 12.2 Å². The lowest BCUT2D eigenvalue weighted by atomic mass is 9.81. The number of amides is 2. The van der Waals surface area contributed by atoms with Crippen molar-refractivity contribution in [1.82, 2.24) is 18.5 Å². The highest BCUT2D eigenvalue weighted by Gasteiger charge is 2.31. The van der Waals surface area contributed by atoms with Gasteiger partial charge in [0.25, 0.3) is 11.8 Å². The summed E-state index contributed by atoms with van der Waals surface area (Å²) >= 11 is 0. The van der Waals surface area contributed by atoms with Crippen LogP contribution in [0.1, 0.15) is 85.2 Å². The number of benzene rings is 2. The van der Waals surface area contributed by atoms with Crippen molar-refractivity contribution in [2.24, 2.45) is 0 Å². The molecule has 0 bridgehead atoms. The first-order chi connectivity index (χ1) is 20.2. The fourth-order valence-corrected chi connectivity index (χ4v) is 7.43. The van der Waals surface area contributed by atoms with Gasteiger partial charge in [0.15, 0.2) is 0 Å². The number of fused-ring (bicyclic) bond motifs is 5. The molecule has 1 aromatic heterocycles. The molecule has 222 valence electrons. The largest absolute Gasteiger partial charge is 0.339 e. The van der Waals surface area contributed by atoms with Crippen molar-refractivity contribution in [3.8, 4) is 11.3 Å². The summed E-state index contributed by atoms with van der Waals surface area (Å²) in [5.74, 6) is -0.223. The molecule has 1 N–H and O–H groups in total. The summed E-state index contributed by atoms with van der Waals surface area (Å²) in [4.78, 5) is 29.2. The zero-order valence-corrected chi connectivity index (χ0v) is 25.4. The highest BCUT2D eigenvalue weighted by atomic mass is 32.2. The van der Waals surface area contributed by atoms with E-state index in [2.05, 4.69) is 27.5 Å². The summed E-state index contributed by atoms with van der Waals surface area (Å²) in [6, 6.07) is 13.8. The van der Waals surface area contributed by atoms with E-state index in [1.807, 2.05) is 23.1 Å². The topological polar surface area (TPSA) is 91.7 Å². The van der Waals surface area contributed by atoms with Gasteiger partial charge in [-0.15, -0.1) is 0 Å². The first-order valence-corrected chi connectivity index (χ1v) is 16.7. The molecule has 9 heteroatoms. The van der Waals surface area contributed by atoms with Gasteiger partial charge in [-0.05, 0) is 60.9 Å². The summed E-state index contributed by atoms with van der Waals surface area (Å²) in [5.41, 5.74) is 6.37. The van der Waals surface area contributed by atoms with Crippen molar-refractivity contribution in [1.29, 1.82) is 0 Å². The third-order valence-electron chi connectivity index (χ3n) is 9.12. The lowest BCUT2D eigenvalue weighted by Gasteiger charge is -2.24. The van der Waals surface area contributed by atoms with Gasteiger partial charge in [0, 0.05) is 54.8 Å². The van der Waals surface area contributed by atoms with Crippen LogP contribution in [0.3, 0.4) is 0 Å². The molecule has 6 rings (SSSR count). The molecule has 2 amide bonds. The van der Waals surface area contributed by atoms with Crippen LogP contribution in [-0.2, 0) is 21.5 Å². The van der Waals surface area contributed by atoms with Crippen molar-refractivity contribution in [2.75, 3.05) is 27.2 Å². The standard InChI is InChI=1S/C33H40N4O4S/c1-35(2)42(40,41)34-32(38)25-16-17-28-29(21-25)37-22-26(33(39)36-18-10-3-4-11-19-36)20-24-14-8-9-15-27(24)31(37)30(28)23-12-6-5-7-13-23/h8-9,14-17,20-21,23H,3-7,10-13,18-19,22H2,1-2H3,(H,34,38). The molecule has 0 atom stereocenters. The number of rotatable bonds is 5. The average Bonchev–Trinajstić information content (AvgIpc) is 3.16. The Bertz CT molecular complexity index is 1660. The van der Waals surface area contributed by atoms with E-state index < -0.39 is 16.1 Å². The molecule has 1 saturated heterocycles. The van der Waals surface area contributed by atoms with Crippen LogP contribution in [0.2, 0.25) is 0 Å². The second-order valence-corrected chi connectivity index (χ2v) is 14.0. The summed E-state index contributed by atoms with van der Waals surface area (Å²) < 4.78 is 30.2. The molecular formula is C33H40N4O4S. The summed E-state index contributed by atoms with van der Waals surface area (Å²) in [5, 5.41) is 1.07. The number of nitrogens with one attached hydrogen (secondary N) is 1. The predicted octanol–water partition coefficient (Wildman–Crippen LogP) is 5.69. The van der Waals surface area contributed by atoms with E-state index in [1.54, 1.807) is 12.1 Å². The lowest BCUT2D eigenvalue weighted by molar-refractivity contribution is -0.127. The first-order valence-electron chi connectivity index (χ1n) is 15.2. The third-order valence-corrected chi connectivity index (χ3v) is 10.5. The van der Waals surface area contributed by atoms with Gasteiger partial charge in [0.2, 0.25) is 0 Å². The van der Waals surface area contributed by atoms with Crippen LogP contribution in [0.25, 0.3) is 28.2 Å². The Morgan fingerprint density at radius 3 is 2.31 bits per heavy atom. The van der Waals surface area contributed by atoms with Crippen LogP contribution >= 0.6 is 0 Å². The van der Waals surface area contributed by atoms with Gasteiger partial charge >= 0.3 is 10.2 Å². The van der Waals surface area contributed by atoms with Crippen LogP contribution in [-0.4, -0.2) is 61.2 Å². The van der Waals surface area contributed by atoms with E-state index >= 15 is 0 Å². The smallest absolute Gasteiger partial charge is 0.303 e. The molecule has 3 heterocycles. The Labute approximate surface area is 248 Å². The number of carbonyl (C=O) groups excluding carboxylic acids is 2. The van der Waals surface area contributed by atoms with Gasteiger partial charge in [-0.25, -0.2) is 4.72 Å². The predicted molar refractivity (Wildman–Crippen MR) is 166 cm³/mol. The van der Waals surface area contributed by atoms with E-state index in [0.29, 0.717) is 12.5 Å². The van der Waals surface area contributed by atoms with Crippen LogP contribution in [0.15, 0.2) is 48.0 Å². The van der Waals surface area contributed by atoms with Gasteiger partial charge in [-0.2, -0.15) is 12.7 Å². The molecular weight excluding hydrogens is 548 g/mol. The molecule has 3 aliphatic rings. The Balaban J connectivity index is 1.53. The van der Waals surface area contributed by atoms with E-state index in [0.717, 1.165) is 89.2 Å². The zero-order valence-electron chi connectivity index (χ0n) is 24.6. The second kappa shape index (κ2) is 11.7. The summed E-state index contributed by atoms with van der Waals surface area (Å²) in [6.07, 6.45) is 12.2. The molecule has 2 fully saturated rings. The first kappa shape index (κ1) is 28.7. The van der Waals surface area contributed by atoms with Crippen molar-refractivity contribution >= 4 is 39.0 Å². The monoisotopic (exact) mass is 588 g/mol. The Kier molecular flexibility index (Phi) is 7.98. The number of nitrogens with zero attached hydrogens (tertiary/aromatic N) is 3. The van der Waals surface area contributed by atoms with Gasteiger partial charge in [0.1, 0.15) is 0 Å². The fourth-order valence-electron chi connectivity index (χ4n) is 6.89. The minimum absolute atomic E-state index is 0.0755. The molecule has 0 spiro atoms. The Hall–Kier alpha value is -3.43. The second-order valence-electron chi connectivity index (χ2n) is 12.1. The van der Waals surface area contributed by atoms with Crippen LogP contribution < -0.4 is 4.72 Å². The Morgan fingerprint density at radius 1 is 0.905 bits per heavy atom. The molecule has 1 saturated carbocycles. The number of carbonyl (C=O) groups is 2. The third kappa shape index (κ3) is 5.40. The van der Waals surface area contributed by atoms with Gasteiger partial charge in [-0.3, -0.25) is 9.59 Å². The van der Waals surface area contributed by atoms with E-state index in [-0.39, 0.29) is 11.5 Å². The molecule has 2 aromatic carbocycles. The minimum atomic E-state index is -3.94. The molecule has 8 nitrogen and oxygen atoms in total. The molecule has 3 aromatic rings. The normalized spacial score (nSPS) is 18.2. The van der Waals surface area contributed by atoms with Gasteiger partial charge in [-0.1, -0.05) is 62.4 Å². The number of hydrogen-bond donors (Lipinski definition) is 1. The van der Waals surface area contributed by atoms with E-state index in [4.69, 9.17) is 0 Å². The zero-order chi connectivity index (χ0) is 29.4. The maximum Gasteiger partial charge on any atom is 0.303 e. The SMILES string of the molecule is CN(C)S(=O)(=O)NC(=O)c1ccc2c(C3CCCCC3)c3n(c2c1)CC(C(=O)N1CCCCCC1)=Cc1ccccc1-3. The number of hydrogen-bond acceptors (Lipinski definition) is 4. The van der Waals surface area contributed by atoms with Crippen molar-refractivity contribution in [2.45, 2.75) is 70.3 Å². The highest BCUT2D eigenvalue weighted by Crippen LogP contribution is 2.46. The van der Waals surface area contributed by atoms with Crippen LogP contribution in [0.4, 0.5) is 0 Å². The molecule has 0 radical (unpaired) electrons. The van der Waals surface area contributed by atoms with E-state index in [9.17, 15) is 18.0 Å². The average molecular weight is 589 g/mol. The molecule has 2 aliphatic heterocycles. The van der Waals surface area contributed by atoms with Gasteiger partial charge < -0.3 is 9.47 Å². The summed E-state index contributed by atoms with van der Waals surface area (Å²) in [6.45, 7) is 1.94. The molecule has 0 unspecified atom stereocenters. The maximum absolute atomic E-state index is 14.0. The van der Waals surface area contributed by atoms with Crippen LogP contribution in [0, 0.1) is 0 Å². The highest BCUT2D eigenvalue weighted by molar-refractivity contribution is 7.87. The van der Waals surface area contributed by atoms with Crippen molar-refractivity contribution in [3.63, 3.8) is 0 Å². The van der Waals surface area contributed by atoms with E-state index in [1.165, 1.54) is 38.9 Å². The Morgan fingerprint density at radius 2 is 1.60 bits per heavy atom. The lowest BCUT2D eigenvalue weighted by Crippen LogP contribution is -2.39. The quantitative estimate of drug-likeness (QED) is 0.415. The van der Waals surface area contributed by atoms with Crippen LogP contribution in [0.5, 0.6) is 0 Å². The van der Waals surface area contributed by atoms with Crippen molar-refractivity contribution < 1.29 is 18.0 Å². The summed E-state index contributed by atoms with van der Waals surface area (Å²) in [7, 11) is -1.17. The molecule has 42 heavy (non-hydrogen) atoms. The van der Waals surface area contributed by atoms with Crippen molar-refractivity contribution in [3.05, 3.63) is 64.7 Å².